The van der Waals surface area contributed by atoms with Crippen molar-refractivity contribution in [3.8, 4) is 6.07 Å². The quantitative estimate of drug-likeness (QED) is 0.543. The van der Waals surface area contributed by atoms with E-state index in [9.17, 15) is 9.59 Å². The molecule has 1 fully saturated rings. The van der Waals surface area contributed by atoms with Gasteiger partial charge >= 0.3 is 0 Å². The van der Waals surface area contributed by atoms with E-state index < -0.39 is 0 Å². The van der Waals surface area contributed by atoms with Crippen LogP contribution in [-0.4, -0.2) is 42.4 Å². The maximum Gasteiger partial charge on any atom is 0.251 e. The van der Waals surface area contributed by atoms with Gasteiger partial charge in [0.2, 0.25) is 5.91 Å². The Morgan fingerprint density at radius 3 is 2.62 bits per heavy atom. The van der Waals surface area contributed by atoms with E-state index in [0.29, 0.717) is 24.2 Å². The fraction of sp³-hybridized carbons (Fsp3) is 0.240. The van der Waals surface area contributed by atoms with Gasteiger partial charge in [-0.05, 0) is 72.0 Å². The van der Waals surface area contributed by atoms with Crippen molar-refractivity contribution < 1.29 is 9.59 Å². The number of amides is 2. The molecule has 0 aromatic heterocycles. The van der Waals surface area contributed by atoms with Crippen LogP contribution in [0.5, 0.6) is 0 Å². The van der Waals surface area contributed by atoms with Crippen LogP contribution >= 0.6 is 11.9 Å². The molecule has 0 saturated carbocycles. The summed E-state index contributed by atoms with van der Waals surface area (Å²) in [6.07, 6.45) is 1.80. The molecule has 1 aliphatic rings. The lowest BCUT2D eigenvalue weighted by Crippen LogP contribution is -2.45. The summed E-state index contributed by atoms with van der Waals surface area (Å²) in [4.78, 5) is 28.1. The van der Waals surface area contributed by atoms with Crippen molar-refractivity contribution in [3.05, 3.63) is 77.9 Å². The topological polar surface area (TPSA) is 85.2 Å². The number of nitriles is 1. The highest BCUT2D eigenvalue weighted by Crippen LogP contribution is 2.22. The van der Waals surface area contributed by atoms with E-state index in [1.807, 2.05) is 29.2 Å². The molecule has 7 heteroatoms. The Bertz CT molecular complexity index is 1160. The average molecular weight is 445 g/mol. The zero-order valence-corrected chi connectivity index (χ0v) is 18.4. The zero-order chi connectivity index (χ0) is 22.3. The first-order chi connectivity index (χ1) is 15.6. The van der Waals surface area contributed by atoms with Gasteiger partial charge in [0.1, 0.15) is 0 Å². The molecular formula is C25H24N4O2S. The smallest absolute Gasteiger partial charge is 0.251 e. The normalized spacial score (nSPS) is 15.5. The Hall–Kier alpha value is -3.34. The molecule has 0 aliphatic carbocycles. The SMILES string of the molecule is N#Cc1ccc(C(=O)NC[C@@H]2CCCN2C(=O)CNSc2ccc3ccccc3c2)cc1. The molecule has 32 heavy (non-hydrogen) atoms. The molecule has 1 aliphatic heterocycles. The summed E-state index contributed by atoms with van der Waals surface area (Å²) in [6, 6.07) is 23.0. The summed E-state index contributed by atoms with van der Waals surface area (Å²) in [7, 11) is 0. The van der Waals surface area contributed by atoms with Crippen LogP contribution in [0.3, 0.4) is 0 Å². The summed E-state index contributed by atoms with van der Waals surface area (Å²) in [6.45, 7) is 1.36. The molecular weight excluding hydrogens is 420 g/mol. The molecule has 1 heterocycles. The minimum atomic E-state index is -0.196. The monoisotopic (exact) mass is 444 g/mol. The summed E-state index contributed by atoms with van der Waals surface area (Å²) in [5, 5.41) is 14.2. The van der Waals surface area contributed by atoms with Crippen LogP contribution in [0.15, 0.2) is 71.6 Å². The van der Waals surface area contributed by atoms with E-state index in [1.54, 1.807) is 24.3 Å². The van der Waals surface area contributed by atoms with Gasteiger partial charge in [-0.2, -0.15) is 5.26 Å². The molecule has 1 atom stereocenters. The van der Waals surface area contributed by atoms with Gasteiger partial charge in [0, 0.05) is 29.6 Å². The van der Waals surface area contributed by atoms with E-state index in [1.165, 1.54) is 22.7 Å². The number of rotatable bonds is 7. The van der Waals surface area contributed by atoms with Crippen molar-refractivity contribution in [2.45, 2.75) is 23.8 Å². The Balaban J connectivity index is 1.26. The fourth-order valence-corrected chi connectivity index (χ4v) is 4.58. The minimum absolute atomic E-state index is 0.00250. The van der Waals surface area contributed by atoms with E-state index in [0.717, 1.165) is 17.7 Å². The standard InChI is InChI=1S/C25H24N4O2S/c26-15-18-7-9-20(10-8-18)25(31)27-16-22-6-3-13-29(22)24(30)17-28-32-23-12-11-19-4-1-2-5-21(19)14-23/h1-2,4-5,7-12,14,22,28H,3,6,13,16-17H2,(H,27,31)/t22-/m0/s1. The third-order valence-corrected chi connectivity index (χ3v) is 6.38. The molecule has 2 amide bonds. The molecule has 0 spiro atoms. The molecule has 0 bridgehead atoms. The lowest BCUT2D eigenvalue weighted by molar-refractivity contribution is -0.130. The first kappa shape index (κ1) is 21.9. The number of hydrogen-bond donors (Lipinski definition) is 2. The van der Waals surface area contributed by atoms with Gasteiger partial charge in [0.05, 0.1) is 18.2 Å². The number of benzene rings is 3. The van der Waals surface area contributed by atoms with Gasteiger partial charge in [-0.15, -0.1) is 0 Å². The van der Waals surface area contributed by atoms with Crippen LogP contribution in [0.2, 0.25) is 0 Å². The first-order valence-corrected chi connectivity index (χ1v) is 11.4. The average Bonchev–Trinajstić information content (AvgIpc) is 3.31. The fourth-order valence-electron chi connectivity index (χ4n) is 3.90. The number of fused-ring (bicyclic) bond motifs is 1. The lowest BCUT2D eigenvalue weighted by atomic mass is 10.1. The minimum Gasteiger partial charge on any atom is -0.350 e. The van der Waals surface area contributed by atoms with Crippen molar-refractivity contribution >= 4 is 34.5 Å². The van der Waals surface area contributed by atoms with E-state index in [4.69, 9.17) is 5.26 Å². The van der Waals surface area contributed by atoms with Crippen LogP contribution in [0.1, 0.15) is 28.8 Å². The van der Waals surface area contributed by atoms with Crippen molar-refractivity contribution in [2.24, 2.45) is 0 Å². The van der Waals surface area contributed by atoms with Crippen LogP contribution in [0, 0.1) is 11.3 Å². The molecule has 162 valence electrons. The first-order valence-electron chi connectivity index (χ1n) is 10.6. The van der Waals surface area contributed by atoms with Crippen molar-refractivity contribution in [2.75, 3.05) is 19.6 Å². The predicted molar refractivity (Wildman–Crippen MR) is 126 cm³/mol. The second-order valence-electron chi connectivity index (χ2n) is 7.71. The molecule has 1 saturated heterocycles. The zero-order valence-electron chi connectivity index (χ0n) is 17.6. The summed E-state index contributed by atoms with van der Waals surface area (Å²) < 4.78 is 3.18. The van der Waals surface area contributed by atoms with Crippen LogP contribution in [0.25, 0.3) is 10.8 Å². The Labute approximate surface area is 191 Å². The number of nitrogens with zero attached hydrogens (tertiary/aromatic N) is 2. The molecule has 0 unspecified atom stereocenters. The number of hydrogen-bond acceptors (Lipinski definition) is 5. The Kier molecular flexibility index (Phi) is 7.05. The molecule has 0 radical (unpaired) electrons. The van der Waals surface area contributed by atoms with Gasteiger partial charge in [-0.25, -0.2) is 0 Å². The molecule has 3 aromatic carbocycles. The number of carbonyl (C=O) groups excluding carboxylic acids is 2. The summed E-state index contributed by atoms with van der Waals surface area (Å²) in [5.41, 5.74) is 1.02. The van der Waals surface area contributed by atoms with Crippen molar-refractivity contribution in [1.82, 2.24) is 14.9 Å². The summed E-state index contributed by atoms with van der Waals surface area (Å²) >= 11 is 1.45. The van der Waals surface area contributed by atoms with Crippen LogP contribution < -0.4 is 10.0 Å². The molecule has 6 nitrogen and oxygen atoms in total. The largest absolute Gasteiger partial charge is 0.350 e. The number of likely N-dealkylation sites (tertiary alicyclic amines) is 1. The Morgan fingerprint density at radius 1 is 1.06 bits per heavy atom. The highest BCUT2D eigenvalue weighted by molar-refractivity contribution is 7.97. The maximum atomic E-state index is 12.8. The van der Waals surface area contributed by atoms with Crippen molar-refractivity contribution in [3.63, 3.8) is 0 Å². The van der Waals surface area contributed by atoms with E-state index in [2.05, 4.69) is 34.3 Å². The van der Waals surface area contributed by atoms with Crippen LogP contribution in [0.4, 0.5) is 0 Å². The van der Waals surface area contributed by atoms with Gasteiger partial charge < -0.3 is 10.2 Å². The van der Waals surface area contributed by atoms with E-state index in [-0.39, 0.29) is 24.4 Å². The summed E-state index contributed by atoms with van der Waals surface area (Å²) in [5.74, 6) is -0.160. The van der Waals surface area contributed by atoms with Gasteiger partial charge in [-0.1, -0.05) is 30.3 Å². The molecule has 2 N–H and O–H groups in total. The van der Waals surface area contributed by atoms with Gasteiger partial charge in [0.15, 0.2) is 0 Å². The third kappa shape index (κ3) is 5.28. The van der Waals surface area contributed by atoms with Gasteiger partial charge in [-0.3, -0.25) is 14.3 Å². The number of nitrogens with one attached hydrogen (secondary N) is 2. The van der Waals surface area contributed by atoms with Crippen molar-refractivity contribution in [1.29, 1.82) is 5.26 Å². The predicted octanol–water partition coefficient (Wildman–Crippen LogP) is 3.73. The van der Waals surface area contributed by atoms with E-state index >= 15 is 0 Å². The highest BCUT2D eigenvalue weighted by Gasteiger charge is 2.28. The van der Waals surface area contributed by atoms with Gasteiger partial charge in [0.25, 0.3) is 5.91 Å². The van der Waals surface area contributed by atoms with Crippen LogP contribution in [-0.2, 0) is 4.79 Å². The Morgan fingerprint density at radius 2 is 1.84 bits per heavy atom. The highest BCUT2D eigenvalue weighted by atomic mass is 32.2. The number of carbonyl (C=O) groups is 2. The lowest BCUT2D eigenvalue weighted by Gasteiger charge is -2.25. The maximum absolute atomic E-state index is 12.8. The molecule has 4 rings (SSSR count). The second kappa shape index (κ2) is 10.3. The second-order valence-corrected chi connectivity index (χ2v) is 8.68. The third-order valence-electron chi connectivity index (χ3n) is 5.61. The molecule has 3 aromatic rings.